The maximum absolute atomic E-state index is 13.4. The van der Waals surface area contributed by atoms with Gasteiger partial charge in [-0.05, 0) is 30.2 Å². The molecule has 0 heterocycles. The van der Waals surface area contributed by atoms with E-state index in [4.69, 9.17) is 10.00 Å². The zero-order chi connectivity index (χ0) is 14.5. The Kier molecular flexibility index (Phi) is 4.11. The molecule has 0 aliphatic carbocycles. The highest BCUT2D eigenvalue weighted by Crippen LogP contribution is 2.16. The summed E-state index contributed by atoms with van der Waals surface area (Å²) in [6.07, 6.45) is 0. The van der Waals surface area contributed by atoms with Gasteiger partial charge in [-0.1, -0.05) is 30.3 Å². The van der Waals surface area contributed by atoms with E-state index in [1.165, 1.54) is 13.0 Å². The van der Waals surface area contributed by atoms with Gasteiger partial charge in [0.05, 0.1) is 11.1 Å². The zero-order valence-corrected chi connectivity index (χ0v) is 10.9. The van der Waals surface area contributed by atoms with Crippen LogP contribution in [0, 0.1) is 24.1 Å². The van der Waals surface area contributed by atoms with Crippen LogP contribution in [-0.4, -0.2) is 5.97 Å². The normalized spacial score (nSPS) is 9.85. The number of ether oxygens (including phenoxy) is 1. The molecule has 0 radical (unpaired) electrons. The lowest BCUT2D eigenvalue weighted by atomic mass is 10.0. The molecule has 0 unspecified atom stereocenters. The molecule has 0 aliphatic rings. The molecule has 100 valence electrons. The molecule has 0 N–H and O–H groups in total. The molecular formula is C16H12FNO2. The van der Waals surface area contributed by atoms with Crippen LogP contribution in [-0.2, 0) is 11.3 Å². The number of hydrogen-bond acceptors (Lipinski definition) is 3. The maximum Gasteiger partial charge on any atom is 0.339 e. The van der Waals surface area contributed by atoms with E-state index in [1.54, 1.807) is 6.07 Å². The lowest BCUT2D eigenvalue weighted by Gasteiger charge is -2.07. The topological polar surface area (TPSA) is 50.1 Å². The van der Waals surface area contributed by atoms with E-state index in [9.17, 15) is 9.18 Å². The molecule has 0 spiro atoms. The lowest BCUT2D eigenvalue weighted by molar-refractivity contribution is 0.0472. The van der Waals surface area contributed by atoms with Crippen LogP contribution in [0.1, 0.15) is 27.0 Å². The van der Waals surface area contributed by atoms with E-state index < -0.39 is 11.8 Å². The fourth-order valence-electron chi connectivity index (χ4n) is 1.74. The number of esters is 1. The summed E-state index contributed by atoms with van der Waals surface area (Å²) in [5.74, 6) is -1.14. The Labute approximate surface area is 116 Å². The van der Waals surface area contributed by atoms with Crippen molar-refractivity contribution in [3.63, 3.8) is 0 Å². The van der Waals surface area contributed by atoms with E-state index in [0.717, 1.165) is 11.6 Å². The van der Waals surface area contributed by atoms with Gasteiger partial charge in [-0.2, -0.15) is 5.26 Å². The van der Waals surface area contributed by atoms with Crippen LogP contribution in [0.15, 0.2) is 42.5 Å². The number of benzene rings is 2. The summed E-state index contributed by atoms with van der Waals surface area (Å²) in [6.45, 7) is 1.64. The van der Waals surface area contributed by atoms with Gasteiger partial charge in [-0.3, -0.25) is 0 Å². The average Bonchev–Trinajstić information content (AvgIpc) is 2.48. The fraction of sp³-hybridized carbons (Fsp3) is 0.125. The van der Waals surface area contributed by atoms with Crippen LogP contribution in [0.3, 0.4) is 0 Å². The minimum absolute atomic E-state index is 0.0221. The first-order valence-electron chi connectivity index (χ1n) is 6.03. The van der Waals surface area contributed by atoms with Crippen molar-refractivity contribution in [3.05, 3.63) is 70.5 Å². The quantitative estimate of drug-likeness (QED) is 0.803. The number of nitrogens with zero attached hydrogens (tertiary/aromatic N) is 1. The summed E-state index contributed by atoms with van der Waals surface area (Å²) in [5, 5.41) is 8.94. The van der Waals surface area contributed by atoms with Crippen molar-refractivity contribution >= 4 is 5.97 Å². The van der Waals surface area contributed by atoms with E-state index in [1.807, 2.05) is 30.3 Å². The number of carbonyl (C=O) groups excluding carboxylic acids is 1. The predicted molar refractivity (Wildman–Crippen MR) is 71.4 cm³/mol. The number of carbonyl (C=O) groups is 1. The molecule has 4 heteroatoms. The Morgan fingerprint density at radius 2 is 2.00 bits per heavy atom. The smallest absolute Gasteiger partial charge is 0.339 e. The fourth-order valence-corrected chi connectivity index (χ4v) is 1.74. The highest BCUT2D eigenvalue weighted by Gasteiger charge is 2.15. The minimum atomic E-state index is -0.631. The van der Waals surface area contributed by atoms with Crippen molar-refractivity contribution in [1.29, 1.82) is 5.26 Å². The van der Waals surface area contributed by atoms with E-state index in [0.29, 0.717) is 5.56 Å². The molecule has 0 bridgehead atoms. The van der Waals surface area contributed by atoms with Gasteiger partial charge in [0.1, 0.15) is 18.5 Å². The van der Waals surface area contributed by atoms with Crippen LogP contribution >= 0.6 is 0 Å². The molecule has 0 aliphatic heterocycles. The summed E-state index contributed by atoms with van der Waals surface area (Å²) < 4.78 is 18.5. The van der Waals surface area contributed by atoms with Crippen molar-refractivity contribution in [3.8, 4) is 6.07 Å². The summed E-state index contributed by atoms with van der Waals surface area (Å²) in [4.78, 5) is 12.0. The first-order valence-corrected chi connectivity index (χ1v) is 6.03. The summed E-state index contributed by atoms with van der Waals surface area (Å²) in [6, 6.07) is 13.4. The average molecular weight is 269 g/mol. The number of halogens is 1. The Bertz CT molecular complexity index is 675. The largest absolute Gasteiger partial charge is 0.457 e. The molecule has 0 aromatic heterocycles. The van der Waals surface area contributed by atoms with Crippen molar-refractivity contribution in [2.75, 3.05) is 0 Å². The molecule has 0 amide bonds. The summed E-state index contributed by atoms with van der Waals surface area (Å²) >= 11 is 0. The molecule has 0 fully saturated rings. The lowest BCUT2D eigenvalue weighted by Crippen LogP contribution is -2.08. The monoisotopic (exact) mass is 269 g/mol. The Morgan fingerprint density at radius 3 is 2.65 bits per heavy atom. The van der Waals surface area contributed by atoms with E-state index in [2.05, 4.69) is 0 Å². The Balaban J connectivity index is 2.18. The van der Waals surface area contributed by atoms with Gasteiger partial charge in [-0.15, -0.1) is 0 Å². The van der Waals surface area contributed by atoms with Crippen molar-refractivity contribution in [1.82, 2.24) is 0 Å². The number of hydrogen-bond donors (Lipinski definition) is 0. The first kappa shape index (κ1) is 13.8. The molecule has 2 aromatic carbocycles. The third kappa shape index (κ3) is 3.01. The van der Waals surface area contributed by atoms with Gasteiger partial charge in [0.2, 0.25) is 0 Å². The van der Waals surface area contributed by atoms with Gasteiger partial charge >= 0.3 is 5.97 Å². The molecule has 20 heavy (non-hydrogen) atoms. The van der Waals surface area contributed by atoms with Gasteiger partial charge < -0.3 is 4.74 Å². The van der Waals surface area contributed by atoms with Gasteiger partial charge in [0.25, 0.3) is 0 Å². The van der Waals surface area contributed by atoms with E-state index in [-0.39, 0.29) is 17.7 Å². The number of aryl methyl sites for hydroxylation is 1. The first-order chi connectivity index (χ1) is 9.61. The van der Waals surface area contributed by atoms with Crippen LogP contribution in [0.4, 0.5) is 4.39 Å². The van der Waals surface area contributed by atoms with Crippen LogP contribution in [0.2, 0.25) is 0 Å². The third-order valence-corrected chi connectivity index (χ3v) is 2.85. The number of rotatable bonds is 3. The van der Waals surface area contributed by atoms with Gasteiger partial charge in [-0.25, -0.2) is 9.18 Å². The third-order valence-electron chi connectivity index (χ3n) is 2.85. The van der Waals surface area contributed by atoms with Crippen LogP contribution in [0.5, 0.6) is 0 Å². The second-order valence-electron chi connectivity index (χ2n) is 4.32. The standard InChI is InChI=1S/C16H12FNO2/c1-11-7-14(13(9-18)8-15(11)17)16(19)20-10-12-5-3-2-4-6-12/h2-8H,10H2,1H3. The zero-order valence-electron chi connectivity index (χ0n) is 10.9. The van der Waals surface area contributed by atoms with Gasteiger partial charge in [0, 0.05) is 0 Å². The molecule has 2 rings (SSSR count). The Hall–Kier alpha value is -2.67. The number of nitriles is 1. The minimum Gasteiger partial charge on any atom is -0.457 e. The van der Waals surface area contributed by atoms with Crippen molar-refractivity contribution in [2.24, 2.45) is 0 Å². The summed E-state index contributed by atoms with van der Waals surface area (Å²) in [7, 11) is 0. The second-order valence-corrected chi connectivity index (χ2v) is 4.32. The molecule has 0 saturated carbocycles. The molecule has 0 atom stereocenters. The molecule has 2 aromatic rings. The SMILES string of the molecule is Cc1cc(C(=O)OCc2ccccc2)c(C#N)cc1F. The van der Waals surface area contributed by atoms with Crippen LogP contribution < -0.4 is 0 Å². The van der Waals surface area contributed by atoms with Gasteiger partial charge in [0.15, 0.2) is 0 Å². The molecule has 0 saturated heterocycles. The summed E-state index contributed by atoms with van der Waals surface area (Å²) in [5.41, 5.74) is 1.21. The maximum atomic E-state index is 13.4. The predicted octanol–water partition coefficient (Wildman–Crippen LogP) is 3.36. The molecule has 3 nitrogen and oxygen atoms in total. The van der Waals surface area contributed by atoms with Crippen LogP contribution in [0.25, 0.3) is 0 Å². The highest BCUT2D eigenvalue weighted by molar-refractivity contribution is 5.92. The Morgan fingerprint density at radius 1 is 1.30 bits per heavy atom. The van der Waals surface area contributed by atoms with Crippen molar-refractivity contribution < 1.29 is 13.9 Å². The second kappa shape index (κ2) is 5.98. The molecular weight excluding hydrogens is 257 g/mol. The highest BCUT2D eigenvalue weighted by atomic mass is 19.1. The van der Waals surface area contributed by atoms with E-state index >= 15 is 0 Å². The van der Waals surface area contributed by atoms with Crippen molar-refractivity contribution in [2.45, 2.75) is 13.5 Å².